The van der Waals surface area contributed by atoms with E-state index in [1.807, 2.05) is 6.92 Å². The summed E-state index contributed by atoms with van der Waals surface area (Å²) in [5.74, 6) is 0.948. The molecule has 0 spiro atoms. The maximum atomic E-state index is 5.35. The van der Waals surface area contributed by atoms with Gasteiger partial charge in [-0.05, 0) is 13.3 Å². The van der Waals surface area contributed by atoms with E-state index in [0.29, 0.717) is 37.7 Å². The molecule has 2 N–H and O–H groups in total. The van der Waals surface area contributed by atoms with Crippen molar-refractivity contribution in [2.24, 2.45) is 0 Å². The smallest absolute Gasteiger partial charge is 0.323 e. The molecule has 0 aliphatic heterocycles. The average Bonchev–Trinajstić information content (AvgIpc) is 2.49. The molecule has 1 atom stereocenters. The summed E-state index contributed by atoms with van der Waals surface area (Å²) in [6.45, 7) is 6.28. The number of ether oxygens (including phenoxy) is 3. The summed E-state index contributed by atoms with van der Waals surface area (Å²) in [5, 5.41) is 6.23. The molecule has 0 aromatic carbocycles. The number of aromatic nitrogens is 3. The third kappa shape index (κ3) is 6.54. The van der Waals surface area contributed by atoms with Crippen molar-refractivity contribution in [3.8, 4) is 6.01 Å². The van der Waals surface area contributed by atoms with Crippen LogP contribution in [0, 0.1) is 0 Å². The zero-order chi connectivity index (χ0) is 15.5. The normalized spacial score (nSPS) is 12.0. The molecule has 1 rings (SSSR count). The van der Waals surface area contributed by atoms with E-state index in [0.717, 1.165) is 13.0 Å². The number of hydrogen-bond donors (Lipinski definition) is 2. The van der Waals surface area contributed by atoms with Crippen LogP contribution in [0.1, 0.15) is 20.3 Å². The van der Waals surface area contributed by atoms with E-state index in [1.165, 1.54) is 0 Å². The van der Waals surface area contributed by atoms with Gasteiger partial charge in [0, 0.05) is 27.3 Å². The largest absolute Gasteiger partial charge is 0.464 e. The van der Waals surface area contributed by atoms with Gasteiger partial charge in [-0.1, -0.05) is 6.92 Å². The first-order valence-corrected chi connectivity index (χ1v) is 7.11. The van der Waals surface area contributed by atoms with Crippen LogP contribution in [0.3, 0.4) is 0 Å². The van der Waals surface area contributed by atoms with Crippen LogP contribution in [0.25, 0.3) is 0 Å². The summed E-state index contributed by atoms with van der Waals surface area (Å²) < 4.78 is 15.7. The van der Waals surface area contributed by atoms with Crippen molar-refractivity contribution < 1.29 is 14.2 Å². The van der Waals surface area contributed by atoms with Crippen LogP contribution >= 0.6 is 0 Å². The van der Waals surface area contributed by atoms with Gasteiger partial charge in [0.2, 0.25) is 11.9 Å². The van der Waals surface area contributed by atoms with Crippen molar-refractivity contribution >= 4 is 11.9 Å². The zero-order valence-corrected chi connectivity index (χ0v) is 13.2. The Labute approximate surface area is 125 Å². The van der Waals surface area contributed by atoms with Crippen molar-refractivity contribution in [1.29, 1.82) is 0 Å². The highest BCUT2D eigenvalue weighted by Crippen LogP contribution is 2.11. The Hall–Kier alpha value is -1.67. The van der Waals surface area contributed by atoms with E-state index < -0.39 is 0 Å². The van der Waals surface area contributed by atoms with E-state index in [-0.39, 0.29) is 6.10 Å². The molecule has 1 aromatic rings. The van der Waals surface area contributed by atoms with E-state index >= 15 is 0 Å². The molecule has 0 aliphatic rings. The molecule has 0 aliphatic carbocycles. The summed E-state index contributed by atoms with van der Waals surface area (Å²) in [6.07, 6.45) is 0.909. The fourth-order valence-corrected chi connectivity index (χ4v) is 1.55. The van der Waals surface area contributed by atoms with Crippen LogP contribution in [0.5, 0.6) is 6.01 Å². The molecule has 0 saturated heterocycles. The first-order chi connectivity index (χ1) is 10.2. The van der Waals surface area contributed by atoms with Crippen molar-refractivity contribution in [3.63, 3.8) is 0 Å². The van der Waals surface area contributed by atoms with E-state index in [9.17, 15) is 0 Å². The molecule has 8 nitrogen and oxygen atoms in total. The first-order valence-electron chi connectivity index (χ1n) is 7.11. The minimum atomic E-state index is -0.0747. The molecular weight excluding hydrogens is 274 g/mol. The van der Waals surface area contributed by atoms with Gasteiger partial charge in [0.15, 0.2) is 0 Å². The Morgan fingerprint density at radius 3 is 2.33 bits per heavy atom. The molecule has 0 bridgehead atoms. The van der Waals surface area contributed by atoms with Gasteiger partial charge in [-0.2, -0.15) is 15.0 Å². The standard InChI is InChI=1S/C13H25N5O3/c1-5-7-14-11-16-12(18-13(17-11)21-6-2)15-8-10(20-4)9-19-3/h10H,5-9H2,1-4H3,(H2,14,15,16,17,18). The average molecular weight is 299 g/mol. The second kappa shape index (κ2) is 10.1. The van der Waals surface area contributed by atoms with Gasteiger partial charge in [-0.25, -0.2) is 0 Å². The SMILES string of the molecule is CCCNc1nc(NCC(COC)OC)nc(OCC)n1. The second-order valence-corrected chi connectivity index (χ2v) is 4.32. The van der Waals surface area contributed by atoms with Crippen molar-refractivity contribution in [2.75, 3.05) is 51.2 Å². The molecule has 21 heavy (non-hydrogen) atoms. The van der Waals surface area contributed by atoms with Gasteiger partial charge in [0.1, 0.15) is 0 Å². The number of nitrogens with one attached hydrogen (secondary N) is 2. The molecule has 1 aromatic heterocycles. The first kappa shape index (κ1) is 17.4. The molecule has 0 amide bonds. The predicted molar refractivity (Wildman–Crippen MR) is 80.9 cm³/mol. The lowest BCUT2D eigenvalue weighted by molar-refractivity contribution is 0.0364. The third-order valence-electron chi connectivity index (χ3n) is 2.60. The monoisotopic (exact) mass is 299 g/mol. The Kier molecular flexibility index (Phi) is 8.37. The molecule has 0 saturated carbocycles. The number of rotatable bonds is 11. The quantitative estimate of drug-likeness (QED) is 0.629. The Balaban J connectivity index is 2.71. The lowest BCUT2D eigenvalue weighted by Crippen LogP contribution is -2.27. The van der Waals surface area contributed by atoms with Gasteiger partial charge in [0.25, 0.3) is 0 Å². The Bertz CT molecular complexity index is 405. The topological polar surface area (TPSA) is 90.4 Å². The fraction of sp³-hybridized carbons (Fsp3) is 0.769. The molecule has 0 fully saturated rings. The van der Waals surface area contributed by atoms with Crippen LogP contribution in [-0.2, 0) is 9.47 Å². The molecule has 1 heterocycles. The molecular formula is C13H25N5O3. The summed E-state index contributed by atoms with van der Waals surface area (Å²) in [7, 11) is 3.27. The van der Waals surface area contributed by atoms with Gasteiger partial charge in [-0.15, -0.1) is 0 Å². The minimum absolute atomic E-state index is 0.0747. The highest BCUT2D eigenvalue weighted by molar-refractivity contribution is 5.35. The fourth-order valence-electron chi connectivity index (χ4n) is 1.55. The van der Waals surface area contributed by atoms with Crippen molar-refractivity contribution in [1.82, 2.24) is 15.0 Å². The Morgan fingerprint density at radius 1 is 1.05 bits per heavy atom. The zero-order valence-electron chi connectivity index (χ0n) is 13.2. The number of anilines is 2. The third-order valence-corrected chi connectivity index (χ3v) is 2.60. The van der Waals surface area contributed by atoms with Gasteiger partial charge in [0.05, 0.1) is 19.3 Å². The summed E-state index contributed by atoms with van der Waals surface area (Å²) >= 11 is 0. The Morgan fingerprint density at radius 2 is 1.76 bits per heavy atom. The summed E-state index contributed by atoms with van der Waals surface area (Å²) in [6, 6.07) is 0.300. The number of hydrogen-bond acceptors (Lipinski definition) is 8. The van der Waals surface area contributed by atoms with E-state index in [4.69, 9.17) is 14.2 Å². The maximum absolute atomic E-state index is 5.35. The number of methoxy groups -OCH3 is 2. The molecule has 120 valence electrons. The van der Waals surface area contributed by atoms with Crippen LogP contribution in [0.15, 0.2) is 0 Å². The van der Waals surface area contributed by atoms with Gasteiger partial charge in [-0.3, -0.25) is 0 Å². The van der Waals surface area contributed by atoms with E-state index in [2.05, 4.69) is 32.5 Å². The van der Waals surface area contributed by atoms with Crippen LogP contribution < -0.4 is 15.4 Å². The minimum Gasteiger partial charge on any atom is -0.464 e. The van der Waals surface area contributed by atoms with Gasteiger partial charge >= 0.3 is 6.01 Å². The van der Waals surface area contributed by atoms with Crippen LogP contribution in [0.4, 0.5) is 11.9 Å². The molecule has 0 radical (unpaired) electrons. The van der Waals surface area contributed by atoms with Crippen molar-refractivity contribution in [3.05, 3.63) is 0 Å². The maximum Gasteiger partial charge on any atom is 0.323 e. The van der Waals surface area contributed by atoms with Gasteiger partial charge < -0.3 is 24.8 Å². The van der Waals surface area contributed by atoms with Crippen LogP contribution in [-0.4, -0.2) is 61.6 Å². The van der Waals surface area contributed by atoms with Crippen molar-refractivity contribution in [2.45, 2.75) is 26.4 Å². The summed E-state index contributed by atoms with van der Waals surface area (Å²) in [5.41, 5.74) is 0. The summed E-state index contributed by atoms with van der Waals surface area (Å²) in [4.78, 5) is 12.7. The highest BCUT2D eigenvalue weighted by atomic mass is 16.5. The predicted octanol–water partition coefficient (Wildman–Crippen LogP) is 1.17. The molecule has 8 heteroatoms. The van der Waals surface area contributed by atoms with E-state index in [1.54, 1.807) is 14.2 Å². The molecule has 1 unspecified atom stereocenters. The lowest BCUT2D eigenvalue weighted by Gasteiger charge is -2.15. The lowest BCUT2D eigenvalue weighted by atomic mass is 10.4. The number of nitrogens with zero attached hydrogens (tertiary/aromatic N) is 3. The van der Waals surface area contributed by atoms with Crippen LogP contribution in [0.2, 0.25) is 0 Å². The second-order valence-electron chi connectivity index (χ2n) is 4.32. The highest BCUT2D eigenvalue weighted by Gasteiger charge is 2.10.